The van der Waals surface area contributed by atoms with E-state index in [-0.39, 0.29) is 5.57 Å². The van der Waals surface area contributed by atoms with Crippen molar-refractivity contribution < 1.29 is 19.1 Å². The molecule has 1 aliphatic rings. The summed E-state index contributed by atoms with van der Waals surface area (Å²) in [6.45, 7) is 5.76. The molecule has 2 aromatic carbocycles. The second-order valence-electron chi connectivity index (χ2n) is 6.67. The Morgan fingerprint density at radius 1 is 1.17 bits per heavy atom. The van der Waals surface area contributed by atoms with Crippen LogP contribution in [-0.2, 0) is 22.4 Å². The first-order chi connectivity index (χ1) is 14.4. The van der Waals surface area contributed by atoms with Gasteiger partial charge < -0.3 is 4.74 Å². The number of carbonyl (C=O) groups excluding carboxylic acids is 3. The predicted octanol–water partition coefficient (Wildman–Crippen LogP) is 4.42. The largest absolute Gasteiger partial charge is 0.495 e. The fourth-order valence-corrected chi connectivity index (χ4v) is 3.91. The molecule has 3 rings (SSSR count). The zero-order valence-electron chi connectivity index (χ0n) is 16.7. The summed E-state index contributed by atoms with van der Waals surface area (Å²) in [5.74, 6) is -0.752. The Balaban J connectivity index is 2.03. The molecule has 6 nitrogen and oxygen atoms in total. The van der Waals surface area contributed by atoms with Crippen LogP contribution in [0.3, 0.4) is 0 Å². The minimum absolute atomic E-state index is 0.129. The molecule has 2 aromatic rings. The normalized spacial score (nSPS) is 15.4. The summed E-state index contributed by atoms with van der Waals surface area (Å²) in [5.41, 5.74) is 2.81. The number of amides is 4. The van der Waals surface area contributed by atoms with Crippen molar-refractivity contribution in [2.45, 2.75) is 19.8 Å². The van der Waals surface area contributed by atoms with Gasteiger partial charge in [0.2, 0.25) is 0 Å². The molecule has 154 valence electrons. The molecule has 0 aromatic heterocycles. The van der Waals surface area contributed by atoms with Gasteiger partial charge in [-0.3, -0.25) is 14.9 Å². The number of benzene rings is 2. The molecular formula is C23H21BrN2O4. The smallest absolute Gasteiger partial charge is 0.335 e. The number of nitrogens with zero attached hydrogens (tertiary/aromatic N) is 1. The third kappa shape index (κ3) is 4.21. The Morgan fingerprint density at radius 2 is 1.87 bits per heavy atom. The summed E-state index contributed by atoms with van der Waals surface area (Å²) in [6, 6.07) is 9.86. The average molecular weight is 469 g/mol. The van der Waals surface area contributed by atoms with Crippen LogP contribution >= 0.6 is 15.9 Å². The highest BCUT2D eigenvalue weighted by Gasteiger charge is 2.36. The van der Waals surface area contributed by atoms with Crippen molar-refractivity contribution in [3.05, 3.63) is 75.8 Å². The molecule has 7 heteroatoms. The number of hydrogen-bond acceptors (Lipinski definition) is 4. The van der Waals surface area contributed by atoms with E-state index in [1.165, 1.54) is 6.08 Å². The minimum Gasteiger partial charge on any atom is -0.495 e. The number of aryl methyl sites for hydroxylation is 1. The lowest BCUT2D eigenvalue weighted by Gasteiger charge is -2.26. The summed E-state index contributed by atoms with van der Waals surface area (Å²) in [5, 5.41) is 2.24. The highest BCUT2D eigenvalue weighted by Crippen LogP contribution is 2.32. The Hall–Kier alpha value is -3.19. The number of urea groups is 1. The molecule has 1 aliphatic heterocycles. The first-order valence-corrected chi connectivity index (χ1v) is 10.2. The highest BCUT2D eigenvalue weighted by molar-refractivity contribution is 9.10. The number of hydrogen-bond donors (Lipinski definition) is 1. The zero-order valence-corrected chi connectivity index (χ0v) is 18.3. The first kappa shape index (κ1) is 21.5. The summed E-state index contributed by atoms with van der Waals surface area (Å²) < 4.78 is 6.09. The number of halogens is 1. The van der Waals surface area contributed by atoms with Crippen LogP contribution < -0.4 is 15.0 Å². The summed E-state index contributed by atoms with van der Waals surface area (Å²) in [6.07, 6.45) is 4.59. The molecule has 0 aliphatic carbocycles. The molecule has 0 atom stereocenters. The lowest BCUT2D eigenvalue weighted by Crippen LogP contribution is -2.54. The minimum atomic E-state index is -0.769. The van der Waals surface area contributed by atoms with E-state index in [1.54, 1.807) is 31.4 Å². The molecule has 4 amide bonds. The van der Waals surface area contributed by atoms with Crippen molar-refractivity contribution in [2.75, 3.05) is 12.0 Å². The second-order valence-corrected chi connectivity index (χ2v) is 7.52. The van der Waals surface area contributed by atoms with Gasteiger partial charge in [0.1, 0.15) is 11.3 Å². The van der Waals surface area contributed by atoms with Crippen LogP contribution in [0.2, 0.25) is 0 Å². The van der Waals surface area contributed by atoms with Gasteiger partial charge in [0.05, 0.1) is 17.3 Å². The number of methoxy groups -OCH3 is 1. The van der Waals surface area contributed by atoms with Crippen LogP contribution in [0, 0.1) is 0 Å². The molecule has 30 heavy (non-hydrogen) atoms. The maximum atomic E-state index is 13.0. The number of ether oxygens (including phenoxy) is 1. The van der Waals surface area contributed by atoms with E-state index >= 15 is 0 Å². The van der Waals surface area contributed by atoms with Gasteiger partial charge in [0.25, 0.3) is 11.8 Å². The van der Waals surface area contributed by atoms with Crippen molar-refractivity contribution in [3.63, 3.8) is 0 Å². The molecule has 0 spiro atoms. The van der Waals surface area contributed by atoms with E-state index in [0.29, 0.717) is 27.9 Å². The van der Waals surface area contributed by atoms with Crippen LogP contribution in [-0.4, -0.2) is 25.0 Å². The predicted molar refractivity (Wildman–Crippen MR) is 119 cm³/mol. The van der Waals surface area contributed by atoms with Crippen molar-refractivity contribution in [1.29, 1.82) is 0 Å². The Bertz CT molecular complexity index is 1060. The zero-order chi connectivity index (χ0) is 21.8. The third-order valence-corrected chi connectivity index (χ3v) is 5.32. The standard InChI is InChI=1S/C23H21BrN2O4/c1-4-6-16-11-15(13-19(24)20(16)30-3)12-18-21(27)25-23(29)26(22(18)28)17-9-7-14(5-2)8-10-17/h4,7-13H,1,5-6H2,2-3H3,(H,25,27,29)/b18-12-. The fourth-order valence-electron chi connectivity index (χ4n) is 3.23. The van der Waals surface area contributed by atoms with Crippen LogP contribution in [0.4, 0.5) is 10.5 Å². The maximum Gasteiger partial charge on any atom is 0.335 e. The van der Waals surface area contributed by atoms with Crippen LogP contribution in [0.15, 0.2) is 59.1 Å². The summed E-state index contributed by atoms with van der Waals surface area (Å²) in [4.78, 5) is 38.8. The molecule has 0 bridgehead atoms. The maximum absolute atomic E-state index is 13.0. The van der Waals surface area contributed by atoms with E-state index in [0.717, 1.165) is 22.4 Å². The van der Waals surface area contributed by atoms with E-state index in [4.69, 9.17) is 4.74 Å². The number of imide groups is 2. The Labute approximate surface area is 183 Å². The SMILES string of the molecule is C=CCc1cc(/C=C2/C(=O)NC(=O)N(c3ccc(CC)cc3)C2=O)cc(Br)c1OC. The molecule has 1 saturated heterocycles. The molecule has 1 heterocycles. The number of barbiturate groups is 1. The number of rotatable bonds is 6. The molecule has 1 fully saturated rings. The quantitative estimate of drug-likeness (QED) is 0.386. The molecule has 0 radical (unpaired) electrons. The fraction of sp³-hybridized carbons (Fsp3) is 0.174. The average Bonchev–Trinajstić information content (AvgIpc) is 2.71. The van der Waals surface area contributed by atoms with Gasteiger partial charge in [-0.15, -0.1) is 6.58 Å². The van der Waals surface area contributed by atoms with Crippen LogP contribution in [0.1, 0.15) is 23.6 Å². The van der Waals surface area contributed by atoms with Crippen molar-refractivity contribution >= 4 is 45.5 Å². The molecule has 0 saturated carbocycles. The molecule has 1 N–H and O–H groups in total. The first-order valence-electron chi connectivity index (χ1n) is 9.37. The summed E-state index contributed by atoms with van der Waals surface area (Å²) >= 11 is 3.46. The number of carbonyl (C=O) groups is 3. The lowest BCUT2D eigenvalue weighted by molar-refractivity contribution is -0.122. The van der Waals surface area contributed by atoms with Crippen molar-refractivity contribution in [2.24, 2.45) is 0 Å². The van der Waals surface area contributed by atoms with Gasteiger partial charge in [0.15, 0.2) is 0 Å². The van der Waals surface area contributed by atoms with E-state index in [1.807, 2.05) is 25.1 Å². The highest BCUT2D eigenvalue weighted by atomic mass is 79.9. The van der Waals surface area contributed by atoms with E-state index < -0.39 is 17.8 Å². The molecule has 0 unspecified atom stereocenters. The molecular weight excluding hydrogens is 448 g/mol. The van der Waals surface area contributed by atoms with Gasteiger partial charge >= 0.3 is 6.03 Å². The topological polar surface area (TPSA) is 75.7 Å². The lowest BCUT2D eigenvalue weighted by atomic mass is 10.0. The van der Waals surface area contributed by atoms with Gasteiger partial charge in [-0.1, -0.05) is 25.1 Å². The van der Waals surface area contributed by atoms with Gasteiger partial charge in [-0.25, -0.2) is 9.69 Å². The van der Waals surface area contributed by atoms with Crippen LogP contribution in [0.25, 0.3) is 6.08 Å². The number of anilines is 1. The second kappa shape index (κ2) is 9.09. The Morgan fingerprint density at radius 3 is 2.47 bits per heavy atom. The van der Waals surface area contributed by atoms with Crippen LogP contribution in [0.5, 0.6) is 5.75 Å². The van der Waals surface area contributed by atoms with Crippen molar-refractivity contribution in [3.8, 4) is 5.75 Å². The van der Waals surface area contributed by atoms with Crippen molar-refractivity contribution in [1.82, 2.24) is 5.32 Å². The van der Waals surface area contributed by atoms with Gasteiger partial charge in [-0.2, -0.15) is 0 Å². The van der Waals surface area contributed by atoms with E-state index in [9.17, 15) is 14.4 Å². The number of allylic oxidation sites excluding steroid dienone is 1. The Kier molecular flexibility index (Phi) is 6.52. The monoisotopic (exact) mass is 468 g/mol. The van der Waals surface area contributed by atoms with E-state index in [2.05, 4.69) is 27.8 Å². The number of nitrogens with one attached hydrogen (secondary N) is 1. The van der Waals surface area contributed by atoms with Gasteiger partial charge in [-0.05, 0) is 75.8 Å². The summed E-state index contributed by atoms with van der Waals surface area (Å²) in [7, 11) is 1.57. The van der Waals surface area contributed by atoms with Gasteiger partial charge in [0, 0.05) is 0 Å². The third-order valence-electron chi connectivity index (χ3n) is 4.73.